The van der Waals surface area contributed by atoms with E-state index in [-0.39, 0.29) is 22.9 Å². The summed E-state index contributed by atoms with van der Waals surface area (Å²) >= 11 is 0. The van der Waals surface area contributed by atoms with Crippen LogP contribution in [0.4, 0.5) is 0 Å². The Bertz CT molecular complexity index is 369. The van der Waals surface area contributed by atoms with Crippen LogP contribution < -0.4 is 21.5 Å². The first-order chi connectivity index (χ1) is 7.18. The van der Waals surface area contributed by atoms with Crippen LogP contribution in [0.2, 0.25) is 0 Å². The topological polar surface area (TPSA) is 29.1 Å². The maximum atomic E-state index is 11.9. The Kier molecular flexibility index (Phi) is 4.53. The Labute approximate surface area is 107 Å². The maximum Gasteiger partial charge on any atom is 0.264 e. The van der Waals surface area contributed by atoms with Gasteiger partial charge in [0.2, 0.25) is 0 Å². The van der Waals surface area contributed by atoms with E-state index in [1.165, 1.54) is 0 Å². The molecule has 1 saturated heterocycles. The first kappa shape index (κ1) is 13.2. The van der Waals surface area contributed by atoms with Crippen molar-refractivity contribution >= 4 is 5.91 Å². The van der Waals surface area contributed by atoms with Gasteiger partial charge in [-0.3, -0.25) is 4.79 Å². The Morgan fingerprint density at radius 1 is 1.44 bits per heavy atom. The molecule has 1 aromatic rings. The lowest BCUT2D eigenvalue weighted by molar-refractivity contribution is -0.677. The van der Waals surface area contributed by atoms with Crippen molar-refractivity contribution in [1.29, 1.82) is 0 Å². The van der Waals surface area contributed by atoms with Crippen molar-refractivity contribution < 1.29 is 26.3 Å². The quantitative estimate of drug-likeness (QED) is 0.543. The number of hydrogen-bond donors (Lipinski definition) is 0. The van der Waals surface area contributed by atoms with E-state index in [1.54, 1.807) is 0 Å². The summed E-state index contributed by atoms with van der Waals surface area (Å²) in [5, 5.41) is 0. The van der Waals surface area contributed by atoms with E-state index in [0.717, 1.165) is 31.8 Å². The lowest BCUT2D eigenvalue weighted by Crippen LogP contribution is -3.00. The lowest BCUT2D eigenvalue weighted by Gasteiger charge is -2.13. The molecule has 0 spiro atoms. The van der Waals surface area contributed by atoms with Crippen LogP contribution in [0, 0.1) is 6.92 Å². The smallest absolute Gasteiger partial charge is 0.264 e. The van der Waals surface area contributed by atoms with Gasteiger partial charge in [0, 0.05) is 20.0 Å². The fourth-order valence-electron chi connectivity index (χ4n) is 1.98. The van der Waals surface area contributed by atoms with Crippen molar-refractivity contribution in [2.75, 3.05) is 13.1 Å². The van der Waals surface area contributed by atoms with Gasteiger partial charge in [0.15, 0.2) is 6.54 Å². The van der Waals surface area contributed by atoms with Gasteiger partial charge in [-0.1, -0.05) is 0 Å². The number of aromatic nitrogens is 2. The SMILES string of the molecule is Cc1n(CC(=O)N2CCCC2)cc[n+]1C.[Br-]. The maximum absolute atomic E-state index is 11.9. The zero-order chi connectivity index (χ0) is 10.8. The highest BCUT2D eigenvalue weighted by atomic mass is 79.9. The fraction of sp³-hybridized carbons (Fsp3) is 0.636. The van der Waals surface area contributed by atoms with E-state index in [1.807, 2.05) is 40.4 Å². The average molecular weight is 288 g/mol. The minimum Gasteiger partial charge on any atom is -1.00 e. The standard InChI is InChI=1S/C11H18N3O.BrH/c1-10-12(2)7-8-14(10)9-11(15)13-5-3-4-6-13;/h7-8H,3-6,9H2,1-2H3;1H/q+1;/p-1. The summed E-state index contributed by atoms with van der Waals surface area (Å²) < 4.78 is 4.03. The van der Waals surface area contributed by atoms with Crippen molar-refractivity contribution in [1.82, 2.24) is 9.47 Å². The van der Waals surface area contributed by atoms with E-state index < -0.39 is 0 Å². The predicted molar refractivity (Wildman–Crippen MR) is 56.2 cm³/mol. The van der Waals surface area contributed by atoms with Crippen molar-refractivity contribution in [3.05, 3.63) is 18.2 Å². The molecule has 0 unspecified atom stereocenters. The summed E-state index contributed by atoms with van der Waals surface area (Å²) in [6.45, 7) is 4.38. The molecule has 0 bridgehead atoms. The van der Waals surface area contributed by atoms with Crippen LogP contribution in [0.1, 0.15) is 18.7 Å². The number of hydrogen-bond acceptors (Lipinski definition) is 1. The zero-order valence-electron chi connectivity index (χ0n) is 9.82. The fourth-order valence-corrected chi connectivity index (χ4v) is 1.98. The molecule has 16 heavy (non-hydrogen) atoms. The molecule has 1 aliphatic heterocycles. The summed E-state index contributed by atoms with van der Waals surface area (Å²) in [6.07, 6.45) is 6.25. The van der Waals surface area contributed by atoms with Crippen molar-refractivity contribution in [3.8, 4) is 0 Å². The van der Waals surface area contributed by atoms with Crippen LogP contribution in [0.15, 0.2) is 12.4 Å². The van der Waals surface area contributed by atoms with Crippen LogP contribution in [-0.2, 0) is 18.4 Å². The third-order valence-corrected chi connectivity index (χ3v) is 3.16. The van der Waals surface area contributed by atoms with Gasteiger partial charge < -0.3 is 21.9 Å². The highest BCUT2D eigenvalue weighted by Gasteiger charge is 2.21. The molecule has 0 aliphatic carbocycles. The number of aryl methyl sites for hydroxylation is 1. The molecule has 90 valence electrons. The predicted octanol–water partition coefficient (Wildman–Crippen LogP) is -2.75. The summed E-state index contributed by atoms with van der Waals surface area (Å²) in [7, 11) is 1.99. The first-order valence-corrected chi connectivity index (χ1v) is 5.47. The average Bonchev–Trinajstić information content (AvgIpc) is 2.83. The van der Waals surface area contributed by atoms with Gasteiger partial charge in [-0.25, -0.2) is 9.13 Å². The van der Waals surface area contributed by atoms with Crippen LogP contribution in [0.25, 0.3) is 0 Å². The largest absolute Gasteiger partial charge is 1.00 e. The molecule has 1 aromatic heterocycles. The molecule has 1 amide bonds. The number of likely N-dealkylation sites (tertiary alicyclic amines) is 1. The van der Waals surface area contributed by atoms with Gasteiger partial charge >= 0.3 is 0 Å². The Morgan fingerprint density at radius 2 is 2.06 bits per heavy atom. The van der Waals surface area contributed by atoms with Gasteiger partial charge in [-0.05, 0) is 12.8 Å². The van der Waals surface area contributed by atoms with E-state index in [9.17, 15) is 4.79 Å². The molecule has 1 aliphatic rings. The monoisotopic (exact) mass is 287 g/mol. The minimum atomic E-state index is 0. The second-order valence-corrected chi connectivity index (χ2v) is 4.17. The Morgan fingerprint density at radius 3 is 2.56 bits per heavy atom. The molecule has 0 N–H and O–H groups in total. The van der Waals surface area contributed by atoms with E-state index in [0.29, 0.717) is 6.54 Å². The van der Waals surface area contributed by atoms with Gasteiger partial charge in [0.05, 0.1) is 7.05 Å². The molecular formula is C11H18BrN3O. The molecule has 0 radical (unpaired) electrons. The second kappa shape index (κ2) is 5.48. The van der Waals surface area contributed by atoms with Crippen LogP contribution >= 0.6 is 0 Å². The van der Waals surface area contributed by atoms with Crippen molar-refractivity contribution in [2.45, 2.75) is 26.3 Å². The van der Waals surface area contributed by atoms with Crippen molar-refractivity contribution in [2.24, 2.45) is 7.05 Å². The number of amides is 1. The summed E-state index contributed by atoms with van der Waals surface area (Å²) in [5.74, 6) is 1.36. The van der Waals surface area contributed by atoms with Crippen LogP contribution in [-0.4, -0.2) is 28.5 Å². The molecule has 0 aromatic carbocycles. The number of imidazole rings is 1. The number of halogens is 1. The number of rotatable bonds is 2. The summed E-state index contributed by atoms with van der Waals surface area (Å²) in [4.78, 5) is 13.8. The lowest BCUT2D eigenvalue weighted by atomic mass is 10.4. The molecule has 1 fully saturated rings. The van der Waals surface area contributed by atoms with E-state index in [2.05, 4.69) is 0 Å². The van der Waals surface area contributed by atoms with E-state index in [4.69, 9.17) is 0 Å². The number of carbonyl (C=O) groups is 1. The molecular weight excluding hydrogens is 270 g/mol. The summed E-state index contributed by atoms with van der Waals surface area (Å²) in [5.41, 5.74) is 0. The molecule has 2 rings (SSSR count). The first-order valence-electron chi connectivity index (χ1n) is 5.47. The number of nitrogens with zero attached hydrogens (tertiary/aromatic N) is 3. The minimum absolute atomic E-state index is 0. The van der Waals surface area contributed by atoms with Gasteiger partial charge in [0.25, 0.3) is 11.7 Å². The van der Waals surface area contributed by atoms with Crippen molar-refractivity contribution in [3.63, 3.8) is 0 Å². The molecule has 2 heterocycles. The van der Waals surface area contributed by atoms with Crippen LogP contribution in [0.5, 0.6) is 0 Å². The third kappa shape index (κ3) is 2.64. The third-order valence-electron chi connectivity index (χ3n) is 3.16. The molecule has 0 atom stereocenters. The van der Waals surface area contributed by atoms with Gasteiger partial charge in [-0.15, -0.1) is 0 Å². The highest BCUT2D eigenvalue weighted by molar-refractivity contribution is 5.76. The second-order valence-electron chi connectivity index (χ2n) is 4.17. The Balaban J connectivity index is 0.00000128. The molecule has 4 nitrogen and oxygen atoms in total. The van der Waals surface area contributed by atoms with Gasteiger partial charge in [-0.2, -0.15) is 0 Å². The normalized spacial score (nSPS) is 15.0. The molecule has 0 saturated carbocycles. The Hall–Kier alpha value is -0.840. The van der Waals surface area contributed by atoms with Crippen LogP contribution in [0.3, 0.4) is 0 Å². The summed E-state index contributed by atoms with van der Waals surface area (Å²) in [6, 6.07) is 0. The van der Waals surface area contributed by atoms with E-state index >= 15 is 0 Å². The molecule has 5 heteroatoms. The van der Waals surface area contributed by atoms with Gasteiger partial charge in [0.1, 0.15) is 12.4 Å². The zero-order valence-corrected chi connectivity index (χ0v) is 11.4. The highest BCUT2D eigenvalue weighted by Crippen LogP contribution is 2.08. The number of carbonyl (C=O) groups excluding carboxylic acids is 1.